The molecule has 0 unspecified atom stereocenters. The van der Waals surface area contributed by atoms with Crippen molar-refractivity contribution in [2.75, 3.05) is 25.0 Å². The molecule has 3 aliphatic rings. The average Bonchev–Trinajstić information content (AvgIpc) is 2.77. The summed E-state index contributed by atoms with van der Waals surface area (Å²) in [6.45, 7) is 1.21. The van der Waals surface area contributed by atoms with E-state index in [2.05, 4.69) is 5.32 Å². The minimum absolute atomic E-state index is 0.0852. The standard InChI is InChI=1S/C19H23N3O3/c23-17-16-12-21(18(24)13-6-2-1-3-7-13)10-11-22(16)19(25)14-8-4-5-9-15(14)20-17/h4-5,8-9,13,16H,1-3,6-7,10-12H2,(H,20,23)/t16-/m1/s1. The Balaban J connectivity index is 1.54. The van der Waals surface area contributed by atoms with Crippen molar-refractivity contribution in [1.29, 1.82) is 0 Å². The van der Waals surface area contributed by atoms with Crippen LogP contribution in [0.4, 0.5) is 5.69 Å². The zero-order valence-electron chi connectivity index (χ0n) is 14.2. The van der Waals surface area contributed by atoms with Crippen LogP contribution >= 0.6 is 0 Å². The third-order valence-electron chi connectivity index (χ3n) is 5.63. The second-order valence-corrected chi connectivity index (χ2v) is 7.17. The van der Waals surface area contributed by atoms with E-state index in [0.717, 1.165) is 25.7 Å². The molecule has 132 valence electrons. The second kappa shape index (κ2) is 6.50. The van der Waals surface area contributed by atoms with E-state index in [1.807, 2.05) is 0 Å². The molecule has 3 amide bonds. The van der Waals surface area contributed by atoms with Gasteiger partial charge in [-0.05, 0) is 25.0 Å². The predicted molar refractivity (Wildman–Crippen MR) is 93.1 cm³/mol. The summed E-state index contributed by atoms with van der Waals surface area (Å²) in [5.74, 6) is -0.105. The minimum atomic E-state index is -0.610. The van der Waals surface area contributed by atoms with Gasteiger partial charge in [-0.3, -0.25) is 14.4 Å². The highest BCUT2D eigenvalue weighted by molar-refractivity contribution is 6.10. The van der Waals surface area contributed by atoms with Crippen LogP contribution in [0.1, 0.15) is 42.5 Å². The van der Waals surface area contributed by atoms with Crippen LogP contribution in [0.5, 0.6) is 0 Å². The van der Waals surface area contributed by atoms with Gasteiger partial charge in [-0.1, -0.05) is 31.4 Å². The molecular weight excluding hydrogens is 318 g/mol. The molecule has 1 aliphatic carbocycles. The highest BCUT2D eigenvalue weighted by atomic mass is 16.2. The molecule has 0 radical (unpaired) electrons. The highest BCUT2D eigenvalue weighted by Crippen LogP contribution is 2.28. The zero-order chi connectivity index (χ0) is 17.4. The van der Waals surface area contributed by atoms with Crippen molar-refractivity contribution in [3.05, 3.63) is 29.8 Å². The van der Waals surface area contributed by atoms with Gasteiger partial charge in [0, 0.05) is 19.0 Å². The second-order valence-electron chi connectivity index (χ2n) is 7.17. The van der Waals surface area contributed by atoms with Crippen LogP contribution in [0.2, 0.25) is 0 Å². The van der Waals surface area contributed by atoms with Gasteiger partial charge in [0.1, 0.15) is 6.04 Å². The zero-order valence-corrected chi connectivity index (χ0v) is 14.2. The third-order valence-corrected chi connectivity index (χ3v) is 5.63. The van der Waals surface area contributed by atoms with Gasteiger partial charge in [-0.15, -0.1) is 0 Å². The molecule has 2 heterocycles. The minimum Gasteiger partial charge on any atom is -0.338 e. The molecule has 1 atom stereocenters. The van der Waals surface area contributed by atoms with E-state index in [-0.39, 0.29) is 23.6 Å². The van der Waals surface area contributed by atoms with E-state index < -0.39 is 6.04 Å². The topological polar surface area (TPSA) is 69.7 Å². The van der Waals surface area contributed by atoms with Crippen LogP contribution < -0.4 is 5.32 Å². The molecule has 1 saturated carbocycles. The van der Waals surface area contributed by atoms with E-state index in [1.165, 1.54) is 6.42 Å². The van der Waals surface area contributed by atoms with Gasteiger partial charge in [0.05, 0.1) is 17.8 Å². The van der Waals surface area contributed by atoms with Gasteiger partial charge in [0.25, 0.3) is 5.91 Å². The summed E-state index contributed by atoms with van der Waals surface area (Å²) in [4.78, 5) is 41.7. The van der Waals surface area contributed by atoms with Crippen molar-refractivity contribution in [2.45, 2.75) is 38.1 Å². The first-order valence-corrected chi connectivity index (χ1v) is 9.15. The van der Waals surface area contributed by atoms with Crippen molar-refractivity contribution in [2.24, 2.45) is 5.92 Å². The van der Waals surface area contributed by atoms with Crippen LogP contribution in [0.3, 0.4) is 0 Å². The highest BCUT2D eigenvalue weighted by Gasteiger charge is 2.41. The number of carbonyl (C=O) groups is 3. The van der Waals surface area contributed by atoms with E-state index in [9.17, 15) is 14.4 Å². The number of piperazine rings is 1. The lowest BCUT2D eigenvalue weighted by Crippen LogP contribution is -2.60. The summed E-state index contributed by atoms with van der Waals surface area (Å²) in [6, 6.07) is 6.47. The number of nitrogens with one attached hydrogen (secondary N) is 1. The molecule has 0 aromatic heterocycles. The molecule has 2 aliphatic heterocycles. The number of benzene rings is 1. The quantitative estimate of drug-likeness (QED) is 0.848. The molecule has 4 rings (SSSR count). The van der Waals surface area contributed by atoms with Crippen molar-refractivity contribution in [3.63, 3.8) is 0 Å². The van der Waals surface area contributed by atoms with Crippen molar-refractivity contribution < 1.29 is 14.4 Å². The van der Waals surface area contributed by atoms with Crippen LogP contribution in [0.15, 0.2) is 24.3 Å². The van der Waals surface area contributed by atoms with Crippen LogP contribution in [-0.4, -0.2) is 53.2 Å². The normalized spacial score (nSPS) is 24.2. The number of nitrogens with zero attached hydrogens (tertiary/aromatic N) is 2. The predicted octanol–water partition coefficient (Wildman–Crippen LogP) is 1.87. The molecule has 6 heteroatoms. The molecular formula is C19H23N3O3. The Hall–Kier alpha value is -2.37. The smallest absolute Gasteiger partial charge is 0.256 e. The first kappa shape index (κ1) is 16.1. The Kier molecular flexibility index (Phi) is 4.19. The molecule has 1 saturated heterocycles. The molecule has 0 bridgehead atoms. The summed E-state index contributed by atoms with van der Waals surface area (Å²) < 4.78 is 0. The monoisotopic (exact) mass is 341 g/mol. The van der Waals surface area contributed by atoms with Gasteiger partial charge in [0.2, 0.25) is 11.8 Å². The maximum atomic E-state index is 12.8. The lowest BCUT2D eigenvalue weighted by atomic mass is 9.88. The molecule has 0 spiro atoms. The van der Waals surface area contributed by atoms with Gasteiger partial charge < -0.3 is 15.1 Å². The van der Waals surface area contributed by atoms with E-state index in [4.69, 9.17) is 0 Å². The number of hydrogen-bond donors (Lipinski definition) is 1. The largest absolute Gasteiger partial charge is 0.338 e. The van der Waals surface area contributed by atoms with E-state index >= 15 is 0 Å². The lowest BCUT2D eigenvalue weighted by Gasteiger charge is -2.40. The molecule has 1 aromatic carbocycles. The average molecular weight is 341 g/mol. The summed E-state index contributed by atoms with van der Waals surface area (Å²) in [7, 11) is 0. The van der Waals surface area contributed by atoms with Crippen LogP contribution in [-0.2, 0) is 9.59 Å². The molecule has 1 N–H and O–H groups in total. The third kappa shape index (κ3) is 2.90. The van der Waals surface area contributed by atoms with Crippen molar-refractivity contribution in [1.82, 2.24) is 9.80 Å². The first-order chi connectivity index (χ1) is 12.1. The summed E-state index contributed by atoms with van der Waals surface area (Å²) in [5.41, 5.74) is 1.07. The summed E-state index contributed by atoms with van der Waals surface area (Å²) >= 11 is 0. The number of fused-ring (bicyclic) bond motifs is 2. The van der Waals surface area contributed by atoms with Gasteiger partial charge in [-0.25, -0.2) is 0 Å². The van der Waals surface area contributed by atoms with Gasteiger partial charge in [0.15, 0.2) is 0 Å². The van der Waals surface area contributed by atoms with Gasteiger partial charge >= 0.3 is 0 Å². The van der Waals surface area contributed by atoms with Crippen LogP contribution in [0, 0.1) is 5.92 Å². The molecule has 25 heavy (non-hydrogen) atoms. The lowest BCUT2D eigenvalue weighted by molar-refractivity contribution is -0.140. The first-order valence-electron chi connectivity index (χ1n) is 9.15. The Labute approximate surface area is 147 Å². The summed E-state index contributed by atoms with van der Waals surface area (Å²) in [6.07, 6.45) is 5.30. The molecule has 1 aromatic rings. The number of anilines is 1. The fourth-order valence-electron chi connectivity index (χ4n) is 4.21. The van der Waals surface area contributed by atoms with Crippen molar-refractivity contribution >= 4 is 23.4 Å². The maximum absolute atomic E-state index is 12.8. The number of amides is 3. The number of rotatable bonds is 1. The number of para-hydroxylation sites is 1. The van der Waals surface area contributed by atoms with Gasteiger partial charge in [-0.2, -0.15) is 0 Å². The molecule has 2 fully saturated rings. The fourth-order valence-corrected chi connectivity index (χ4v) is 4.21. The maximum Gasteiger partial charge on any atom is 0.256 e. The molecule has 6 nitrogen and oxygen atoms in total. The number of carbonyl (C=O) groups excluding carboxylic acids is 3. The van der Waals surface area contributed by atoms with Crippen molar-refractivity contribution in [3.8, 4) is 0 Å². The SMILES string of the molecule is O=C1Nc2ccccc2C(=O)N2CCN(C(=O)C3CCCCC3)C[C@H]12. The van der Waals surface area contributed by atoms with E-state index in [1.54, 1.807) is 34.1 Å². The Bertz CT molecular complexity index is 712. The van der Waals surface area contributed by atoms with Crippen LogP contribution in [0.25, 0.3) is 0 Å². The Morgan fingerprint density at radius 1 is 1.04 bits per heavy atom. The summed E-state index contributed by atoms with van der Waals surface area (Å²) in [5, 5.41) is 2.85. The fraction of sp³-hybridized carbons (Fsp3) is 0.526. The Morgan fingerprint density at radius 3 is 2.60 bits per heavy atom. The number of hydrogen-bond acceptors (Lipinski definition) is 3. The Morgan fingerprint density at radius 2 is 1.80 bits per heavy atom. The van der Waals surface area contributed by atoms with E-state index in [0.29, 0.717) is 30.9 Å².